The van der Waals surface area contributed by atoms with E-state index in [1.807, 2.05) is 0 Å². The summed E-state index contributed by atoms with van der Waals surface area (Å²) in [7, 11) is 1.02. The molecule has 0 bridgehead atoms. The summed E-state index contributed by atoms with van der Waals surface area (Å²) in [4.78, 5) is 33.4. The Labute approximate surface area is 150 Å². The van der Waals surface area contributed by atoms with Gasteiger partial charge in [-0.1, -0.05) is 24.3 Å². The Morgan fingerprint density at radius 1 is 1.07 bits per heavy atom. The molecule has 0 amide bonds. The molecular weight excluding hydrogens is 371 g/mol. The van der Waals surface area contributed by atoms with E-state index in [0.717, 1.165) is 19.2 Å². The third kappa shape index (κ3) is 5.27. The number of carbonyl (C=O) groups is 2. The van der Waals surface area contributed by atoms with Gasteiger partial charge in [-0.15, -0.1) is 13.2 Å². The number of benzene rings is 2. The molecule has 0 aromatic heterocycles. The lowest BCUT2D eigenvalue weighted by molar-refractivity contribution is -0.385. The van der Waals surface area contributed by atoms with Crippen LogP contribution >= 0.6 is 0 Å². The molecule has 0 saturated carbocycles. The highest BCUT2D eigenvalue weighted by Crippen LogP contribution is 2.30. The van der Waals surface area contributed by atoms with Crippen LogP contribution in [0.5, 0.6) is 5.75 Å². The normalized spacial score (nSPS) is 11.0. The maximum absolute atomic E-state index is 12.2. The van der Waals surface area contributed by atoms with E-state index < -0.39 is 40.9 Å². The zero-order chi connectivity index (χ0) is 20.2. The number of halogens is 3. The third-order valence-corrected chi connectivity index (χ3v) is 3.47. The third-order valence-electron chi connectivity index (χ3n) is 3.47. The molecule has 7 nitrogen and oxygen atoms in total. The zero-order valence-corrected chi connectivity index (χ0v) is 13.8. The van der Waals surface area contributed by atoms with Crippen molar-refractivity contribution >= 4 is 17.4 Å². The van der Waals surface area contributed by atoms with Crippen molar-refractivity contribution < 1.29 is 37.2 Å². The van der Waals surface area contributed by atoms with Crippen molar-refractivity contribution in [2.45, 2.75) is 12.8 Å². The molecule has 0 spiro atoms. The maximum atomic E-state index is 12.2. The van der Waals surface area contributed by atoms with E-state index in [0.29, 0.717) is 11.1 Å². The fourth-order valence-electron chi connectivity index (χ4n) is 2.27. The molecule has 0 saturated heterocycles. The van der Waals surface area contributed by atoms with Crippen LogP contribution in [-0.2, 0) is 20.7 Å². The fraction of sp³-hybridized carbons (Fsp3) is 0.176. The Balaban J connectivity index is 2.31. The number of methoxy groups -OCH3 is 1. The Morgan fingerprint density at radius 2 is 1.67 bits per heavy atom. The summed E-state index contributed by atoms with van der Waals surface area (Å²) in [6.07, 6.45) is -5.34. The lowest BCUT2D eigenvalue weighted by Crippen LogP contribution is -2.18. The second kappa shape index (κ2) is 7.85. The van der Waals surface area contributed by atoms with Crippen molar-refractivity contribution in [1.82, 2.24) is 0 Å². The minimum Gasteiger partial charge on any atom is -0.463 e. The molecule has 0 fully saturated rings. The van der Waals surface area contributed by atoms with E-state index in [4.69, 9.17) is 0 Å². The van der Waals surface area contributed by atoms with Gasteiger partial charge in [0, 0.05) is 18.1 Å². The van der Waals surface area contributed by atoms with Crippen molar-refractivity contribution in [3.63, 3.8) is 0 Å². The minimum absolute atomic E-state index is 0.0103. The number of ketones is 1. The van der Waals surface area contributed by atoms with Gasteiger partial charge >= 0.3 is 12.3 Å². The highest BCUT2D eigenvalue weighted by molar-refractivity contribution is 6.34. The van der Waals surface area contributed by atoms with Crippen LogP contribution in [-0.4, -0.2) is 30.1 Å². The largest absolute Gasteiger partial charge is 0.573 e. The summed E-state index contributed by atoms with van der Waals surface area (Å²) in [5.41, 5.74) is 0.351. The van der Waals surface area contributed by atoms with Crippen LogP contribution in [0, 0.1) is 10.1 Å². The number of carbonyl (C=O) groups excluding carboxylic acids is 2. The number of nitro groups is 1. The number of Topliss-reactive ketones (excluding diaryl/α,β-unsaturated/α-hetero) is 1. The molecule has 0 N–H and O–H groups in total. The van der Waals surface area contributed by atoms with E-state index in [1.54, 1.807) is 0 Å². The summed E-state index contributed by atoms with van der Waals surface area (Å²) in [6, 6.07) is 8.67. The number of esters is 1. The summed E-state index contributed by atoms with van der Waals surface area (Å²) in [6.45, 7) is 0. The van der Waals surface area contributed by atoms with E-state index in [2.05, 4.69) is 9.47 Å². The van der Waals surface area contributed by atoms with Crippen LogP contribution in [0.4, 0.5) is 18.9 Å². The van der Waals surface area contributed by atoms with Gasteiger partial charge in [-0.05, 0) is 23.3 Å². The second-order valence-corrected chi connectivity index (χ2v) is 5.26. The van der Waals surface area contributed by atoms with E-state index in [-0.39, 0.29) is 5.56 Å². The number of nitrogens with zero attached hydrogens (tertiary/aromatic N) is 1. The predicted molar refractivity (Wildman–Crippen MR) is 85.9 cm³/mol. The predicted octanol–water partition coefficient (Wildman–Crippen LogP) is 3.45. The van der Waals surface area contributed by atoms with Gasteiger partial charge in [-0.3, -0.25) is 14.9 Å². The van der Waals surface area contributed by atoms with E-state index in [9.17, 15) is 32.9 Å². The van der Waals surface area contributed by atoms with Crippen LogP contribution in [0.2, 0.25) is 0 Å². The van der Waals surface area contributed by atoms with Gasteiger partial charge in [-0.25, -0.2) is 4.79 Å². The molecule has 27 heavy (non-hydrogen) atoms. The molecule has 2 rings (SSSR count). The molecule has 0 aliphatic heterocycles. The first-order valence-corrected chi connectivity index (χ1v) is 7.35. The van der Waals surface area contributed by atoms with Crippen LogP contribution in [0.3, 0.4) is 0 Å². The summed E-state index contributed by atoms with van der Waals surface area (Å²) < 4.78 is 44.6. The van der Waals surface area contributed by atoms with Gasteiger partial charge in [0.25, 0.3) is 5.69 Å². The number of rotatable bonds is 6. The molecule has 142 valence electrons. The van der Waals surface area contributed by atoms with Crippen LogP contribution in [0.1, 0.15) is 5.56 Å². The van der Waals surface area contributed by atoms with Crippen molar-refractivity contribution in [3.05, 3.63) is 58.1 Å². The van der Waals surface area contributed by atoms with Crippen molar-refractivity contribution in [1.29, 1.82) is 0 Å². The van der Waals surface area contributed by atoms with Gasteiger partial charge in [0.05, 0.1) is 12.0 Å². The Morgan fingerprint density at radius 3 is 2.19 bits per heavy atom. The molecule has 0 aliphatic rings. The van der Waals surface area contributed by atoms with Gasteiger partial charge in [-0.2, -0.15) is 0 Å². The van der Waals surface area contributed by atoms with Gasteiger partial charge < -0.3 is 9.47 Å². The lowest BCUT2D eigenvalue weighted by Gasteiger charge is -2.10. The molecule has 10 heteroatoms. The van der Waals surface area contributed by atoms with E-state index >= 15 is 0 Å². The van der Waals surface area contributed by atoms with Crippen LogP contribution in [0.25, 0.3) is 11.1 Å². The lowest BCUT2D eigenvalue weighted by atomic mass is 10.00. The van der Waals surface area contributed by atoms with Crippen molar-refractivity contribution in [2.75, 3.05) is 7.11 Å². The molecule has 0 atom stereocenters. The number of hydrogen-bond donors (Lipinski definition) is 0. The van der Waals surface area contributed by atoms with Gasteiger partial charge in [0.2, 0.25) is 5.78 Å². The number of hydrogen-bond acceptors (Lipinski definition) is 6. The summed E-state index contributed by atoms with van der Waals surface area (Å²) in [5.74, 6) is -2.49. The Kier molecular flexibility index (Phi) is 5.78. The Bertz CT molecular complexity index is 877. The summed E-state index contributed by atoms with van der Waals surface area (Å²) >= 11 is 0. The second-order valence-electron chi connectivity index (χ2n) is 5.26. The zero-order valence-electron chi connectivity index (χ0n) is 13.8. The average Bonchev–Trinajstić information content (AvgIpc) is 2.60. The van der Waals surface area contributed by atoms with Crippen molar-refractivity contribution in [3.8, 4) is 16.9 Å². The highest BCUT2D eigenvalue weighted by atomic mass is 19.4. The quantitative estimate of drug-likeness (QED) is 0.328. The highest BCUT2D eigenvalue weighted by Gasteiger charge is 2.31. The van der Waals surface area contributed by atoms with Crippen molar-refractivity contribution in [2.24, 2.45) is 0 Å². The first kappa shape index (κ1) is 19.9. The van der Waals surface area contributed by atoms with Crippen LogP contribution < -0.4 is 4.74 Å². The molecule has 0 radical (unpaired) electrons. The number of alkyl halides is 3. The summed E-state index contributed by atoms with van der Waals surface area (Å²) in [5, 5.41) is 11.3. The van der Waals surface area contributed by atoms with Gasteiger partial charge in [0.1, 0.15) is 5.75 Å². The SMILES string of the molecule is COC(=O)C(=O)Cc1ccc(-c2ccc(OC(F)(F)F)cc2)cc1[N+](=O)[O-]. The molecule has 2 aromatic carbocycles. The fourth-order valence-corrected chi connectivity index (χ4v) is 2.27. The number of ether oxygens (including phenoxy) is 2. The topological polar surface area (TPSA) is 95.7 Å². The number of nitro benzene ring substituents is 1. The Hall–Kier alpha value is -3.43. The average molecular weight is 383 g/mol. The first-order chi connectivity index (χ1) is 12.6. The van der Waals surface area contributed by atoms with Gasteiger partial charge in [0.15, 0.2) is 0 Å². The molecular formula is C17H12F3NO6. The van der Waals surface area contributed by atoms with Crippen LogP contribution in [0.15, 0.2) is 42.5 Å². The smallest absolute Gasteiger partial charge is 0.463 e. The monoisotopic (exact) mass is 383 g/mol. The maximum Gasteiger partial charge on any atom is 0.573 e. The van der Waals surface area contributed by atoms with E-state index in [1.165, 1.54) is 30.3 Å². The molecule has 0 heterocycles. The first-order valence-electron chi connectivity index (χ1n) is 7.35. The standard InChI is InChI=1S/C17H12F3NO6/c1-26-16(23)15(22)9-12-3-2-11(8-14(12)21(24)25)10-4-6-13(7-5-10)27-17(18,19)20/h2-8H,9H2,1H3. The molecule has 0 aliphatic carbocycles. The molecule has 2 aromatic rings. The molecule has 0 unspecified atom stereocenters. The minimum atomic E-state index is -4.83.